The lowest BCUT2D eigenvalue weighted by Crippen LogP contribution is -2.64. The van der Waals surface area contributed by atoms with Crippen LogP contribution in [0.5, 0.6) is 0 Å². The second-order valence-electron chi connectivity index (χ2n) is 9.93. The summed E-state index contributed by atoms with van der Waals surface area (Å²) in [5.74, 6) is 1.06. The lowest BCUT2D eigenvalue weighted by atomic mass is 9.61. The van der Waals surface area contributed by atoms with Crippen molar-refractivity contribution in [1.82, 2.24) is 4.90 Å². The molecule has 0 atom stereocenters. The second kappa shape index (κ2) is 8.36. The number of hydrogen-bond donors (Lipinski definition) is 1. The molecule has 1 saturated carbocycles. The molecule has 32 heavy (non-hydrogen) atoms. The molecule has 0 aromatic heterocycles. The maximum atomic E-state index is 6.07. The maximum absolute atomic E-state index is 6.07. The molecular formula is C27H35N5. The third-order valence-electron chi connectivity index (χ3n) is 7.44. The Balaban J connectivity index is 1.45. The zero-order chi connectivity index (χ0) is 22.3. The zero-order valence-electron chi connectivity index (χ0n) is 19.5. The fourth-order valence-electron chi connectivity index (χ4n) is 5.96. The molecule has 168 valence electrons. The van der Waals surface area contributed by atoms with Gasteiger partial charge in [0.2, 0.25) is 0 Å². The highest BCUT2D eigenvalue weighted by Crippen LogP contribution is 2.49. The zero-order valence-corrected chi connectivity index (χ0v) is 19.5. The van der Waals surface area contributed by atoms with Crippen molar-refractivity contribution in [3.63, 3.8) is 0 Å². The van der Waals surface area contributed by atoms with Gasteiger partial charge < -0.3 is 15.5 Å². The first kappa shape index (κ1) is 21.2. The van der Waals surface area contributed by atoms with Crippen molar-refractivity contribution in [2.45, 2.75) is 45.6 Å². The molecule has 3 fully saturated rings. The minimum Gasteiger partial charge on any atom is -0.365 e. The summed E-state index contributed by atoms with van der Waals surface area (Å²) in [7, 11) is 0. The van der Waals surface area contributed by atoms with Crippen LogP contribution in [0.2, 0.25) is 0 Å². The summed E-state index contributed by atoms with van der Waals surface area (Å²) < 4.78 is 0. The van der Waals surface area contributed by atoms with E-state index in [1.807, 2.05) is 0 Å². The SMILES string of the molecule is C=N/C(=C1/CCN(c2cccc3cccc(C)c23)C/C1=N/CCC)N1CC2(CC(N)C2)C1. The molecule has 3 aliphatic rings. The molecule has 0 unspecified atom stereocenters. The summed E-state index contributed by atoms with van der Waals surface area (Å²) in [4.78, 5) is 14.5. The molecular weight excluding hydrogens is 394 g/mol. The van der Waals surface area contributed by atoms with Gasteiger partial charge in [-0.05, 0) is 56.3 Å². The Hall–Kier alpha value is -2.66. The van der Waals surface area contributed by atoms with Gasteiger partial charge in [-0.25, -0.2) is 4.99 Å². The summed E-state index contributed by atoms with van der Waals surface area (Å²) in [6.45, 7) is 13.1. The van der Waals surface area contributed by atoms with Crippen molar-refractivity contribution in [3.05, 3.63) is 53.4 Å². The molecule has 0 amide bonds. The lowest BCUT2D eigenvalue weighted by Gasteiger charge is -2.59. The number of aryl methyl sites for hydroxylation is 1. The van der Waals surface area contributed by atoms with Gasteiger partial charge >= 0.3 is 0 Å². The topological polar surface area (TPSA) is 57.2 Å². The largest absolute Gasteiger partial charge is 0.365 e. The number of fused-ring (bicyclic) bond motifs is 1. The monoisotopic (exact) mass is 429 g/mol. The van der Waals surface area contributed by atoms with Crippen LogP contribution >= 0.6 is 0 Å². The Morgan fingerprint density at radius 1 is 1.19 bits per heavy atom. The van der Waals surface area contributed by atoms with Crippen LogP contribution in [0.4, 0.5) is 5.69 Å². The molecule has 2 saturated heterocycles. The second-order valence-corrected chi connectivity index (χ2v) is 9.93. The van der Waals surface area contributed by atoms with Crippen molar-refractivity contribution in [3.8, 4) is 0 Å². The highest BCUT2D eigenvalue weighted by molar-refractivity contribution is 6.06. The Labute approximate surface area is 191 Å². The van der Waals surface area contributed by atoms with Gasteiger partial charge in [0.25, 0.3) is 0 Å². The normalized spacial score (nSPS) is 23.4. The number of benzene rings is 2. The first-order valence-corrected chi connectivity index (χ1v) is 12.0. The quantitative estimate of drug-likeness (QED) is 0.710. The molecule has 5 heteroatoms. The Kier molecular flexibility index (Phi) is 5.54. The summed E-state index contributed by atoms with van der Waals surface area (Å²) in [5.41, 5.74) is 11.6. The van der Waals surface area contributed by atoms with E-state index < -0.39 is 0 Å². The molecule has 2 N–H and O–H groups in total. The molecule has 1 spiro atoms. The summed E-state index contributed by atoms with van der Waals surface area (Å²) in [5, 5.41) is 2.65. The van der Waals surface area contributed by atoms with E-state index in [9.17, 15) is 0 Å². The van der Waals surface area contributed by atoms with E-state index in [0.717, 1.165) is 64.2 Å². The smallest absolute Gasteiger partial charge is 0.132 e. The predicted octanol–water partition coefficient (Wildman–Crippen LogP) is 4.54. The minimum atomic E-state index is 0.388. The fraction of sp³-hybridized carbons (Fsp3) is 0.481. The standard InChI is InChI=1S/C27H35N5/c1-4-12-30-23-16-31(24-10-6-9-20-8-5-7-19(2)25(20)24)13-11-22(23)26(29-3)32-17-27(18-32)14-21(28)15-27/h5-10,21H,3-4,11-18,28H2,1-2H3/b26-22+,30-23-. The number of piperidine rings is 1. The fourth-order valence-corrected chi connectivity index (χ4v) is 5.96. The van der Waals surface area contributed by atoms with Gasteiger partial charge in [-0.3, -0.25) is 4.99 Å². The van der Waals surface area contributed by atoms with Crippen LogP contribution in [0.25, 0.3) is 10.8 Å². The van der Waals surface area contributed by atoms with E-state index in [1.165, 1.54) is 33.3 Å². The molecule has 5 rings (SSSR count). The van der Waals surface area contributed by atoms with Gasteiger partial charge in [0.15, 0.2) is 0 Å². The molecule has 0 bridgehead atoms. The number of rotatable bonds is 5. The van der Waals surface area contributed by atoms with Crippen LogP contribution in [0.1, 0.15) is 38.2 Å². The van der Waals surface area contributed by atoms with Crippen molar-refractivity contribution >= 4 is 28.9 Å². The summed E-state index contributed by atoms with van der Waals surface area (Å²) in [6.07, 6.45) is 4.29. The van der Waals surface area contributed by atoms with Gasteiger partial charge in [0, 0.05) is 54.3 Å². The van der Waals surface area contributed by atoms with E-state index in [0.29, 0.717) is 11.5 Å². The van der Waals surface area contributed by atoms with Crippen molar-refractivity contribution in [1.29, 1.82) is 0 Å². The van der Waals surface area contributed by atoms with Gasteiger partial charge in [-0.15, -0.1) is 0 Å². The first-order valence-electron chi connectivity index (χ1n) is 12.0. The van der Waals surface area contributed by atoms with E-state index in [-0.39, 0.29) is 0 Å². The third kappa shape index (κ3) is 3.62. The highest BCUT2D eigenvalue weighted by Gasteiger charge is 2.52. The number of hydrogen-bond acceptors (Lipinski definition) is 5. The van der Waals surface area contributed by atoms with Gasteiger partial charge in [-0.1, -0.05) is 37.3 Å². The number of nitrogens with two attached hydrogens (primary N) is 1. The van der Waals surface area contributed by atoms with E-state index in [1.54, 1.807) is 0 Å². The first-order chi connectivity index (χ1) is 15.5. The molecule has 2 aromatic rings. The summed E-state index contributed by atoms with van der Waals surface area (Å²) >= 11 is 0. The van der Waals surface area contributed by atoms with Crippen LogP contribution in [-0.2, 0) is 0 Å². The lowest BCUT2D eigenvalue weighted by molar-refractivity contribution is -0.0520. The number of anilines is 1. The maximum Gasteiger partial charge on any atom is 0.132 e. The molecule has 2 aromatic carbocycles. The molecule has 2 heterocycles. The summed E-state index contributed by atoms with van der Waals surface area (Å²) in [6, 6.07) is 13.6. The van der Waals surface area contributed by atoms with Crippen LogP contribution in [0, 0.1) is 12.3 Å². The molecule has 5 nitrogen and oxygen atoms in total. The average molecular weight is 430 g/mol. The average Bonchev–Trinajstić information content (AvgIpc) is 2.75. The van der Waals surface area contributed by atoms with Crippen molar-refractivity contribution in [2.75, 3.05) is 37.6 Å². The van der Waals surface area contributed by atoms with Crippen molar-refractivity contribution < 1.29 is 0 Å². The molecule has 2 aliphatic heterocycles. The van der Waals surface area contributed by atoms with Crippen LogP contribution < -0.4 is 10.6 Å². The third-order valence-corrected chi connectivity index (χ3v) is 7.44. The van der Waals surface area contributed by atoms with Crippen LogP contribution in [-0.4, -0.2) is 56.1 Å². The Morgan fingerprint density at radius 2 is 1.94 bits per heavy atom. The predicted molar refractivity (Wildman–Crippen MR) is 136 cm³/mol. The van der Waals surface area contributed by atoms with Crippen LogP contribution in [0.15, 0.2) is 57.8 Å². The van der Waals surface area contributed by atoms with Gasteiger partial charge in [-0.2, -0.15) is 0 Å². The molecule has 1 aliphatic carbocycles. The van der Waals surface area contributed by atoms with E-state index in [4.69, 9.17) is 10.7 Å². The number of likely N-dealkylation sites (tertiary alicyclic amines) is 1. The van der Waals surface area contributed by atoms with E-state index in [2.05, 4.69) is 71.8 Å². The highest BCUT2D eigenvalue weighted by atomic mass is 15.3. The van der Waals surface area contributed by atoms with Crippen LogP contribution in [0.3, 0.4) is 0 Å². The Bertz CT molecular complexity index is 1080. The van der Waals surface area contributed by atoms with Gasteiger partial charge in [0.05, 0.1) is 12.3 Å². The number of nitrogens with zero attached hydrogens (tertiary/aromatic N) is 4. The minimum absolute atomic E-state index is 0.388. The number of aliphatic imine (C=N–C) groups is 2. The Morgan fingerprint density at radius 3 is 2.62 bits per heavy atom. The van der Waals surface area contributed by atoms with Crippen molar-refractivity contribution in [2.24, 2.45) is 21.1 Å². The molecule has 0 radical (unpaired) electrons. The van der Waals surface area contributed by atoms with E-state index >= 15 is 0 Å². The van der Waals surface area contributed by atoms with Gasteiger partial charge in [0.1, 0.15) is 5.82 Å².